The van der Waals surface area contributed by atoms with Crippen molar-refractivity contribution in [2.24, 2.45) is 0 Å². The van der Waals surface area contributed by atoms with Crippen LogP contribution in [0.4, 0.5) is 34.1 Å². The quantitative estimate of drug-likeness (QED) is 0.159. The lowest BCUT2D eigenvalue weighted by atomic mass is 9.58. The minimum absolute atomic E-state index is 0.0977. The molecule has 1 aliphatic carbocycles. The predicted molar refractivity (Wildman–Crippen MR) is 234 cm³/mol. The maximum atomic E-state index is 10.4. The van der Waals surface area contributed by atoms with E-state index in [0.29, 0.717) is 5.57 Å². The summed E-state index contributed by atoms with van der Waals surface area (Å²) < 4.78 is 0. The van der Waals surface area contributed by atoms with Gasteiger partial charge in [-0.2, -0.15) is 10.5 Å². The molecule has 10 rings (SSSR count). The second-order valence-electron chi connectivity index (χ2n) is 14.7. The van der Waals surface area contributed by atoms with Crippen LogP contribution >= 0.6 is 0 Å². The van der Waals surface area contributed by atoms with Gasteiger partial charge in [0.2, 0.25) is 0 Å². The van der Waals surface area contributed by atoms with E-state index in [1.54, 1.807) is 0 Å². The first-order valence-corrected chi connectivity index (χ1v) is 19.5. The third-order valence-electron chi connectivity index (χ3n) is 11.6. The summed E-state index contributed by atoms with van der Waals surface area (Å²) in [5.74, 6) is 0. The molecule has 0 spiro atoms. The number of anilines is 6. The molecule has 58 heavy (non-hydrogen) atoms. The standard InChI is InChI=1S/C54H36N4/c55-36-40(37-56)53-47-24-9-11-26-49(47)54(50-27-12-10-25-48(50)53,41-30-32-45(33-31-41)57(43-19-3-1-4-20-43)44-21-5-2-6-22-44)42-18-15-23-46(35-42)58-51-28-13-7-16-38(51)34-39-17-8-14-29-52(39)58/h1-33,35H,34H2. The van der Waals surface area contributed by atoms with Gasteiger partial charge in [-0.3, -0.25) is 0 Å². The largest absolute Gasteiger partial charge is 0.311 e. The van der Waals surface area contributed by atoms with Crippen LogP contribution in [0.2, 0.25) is 0 Å². The minimum atomic E-state index is -0.833. The fraction of sp³-hybridized carbons (Fsp3) is 0.0370. The molecule has 272 valence electrons. The average molecular weight is 741 g/mol. The van der Waals surface area contributed by atoms with Crippen molar-refractivity contribution in [3.8, 4) is 12.1 Å². The van der Waals surface area contributed by atoms with Crippen molar-refractivity contribution in [1.29, 1.82) is 10.5 Å². The smallest absolute Gasteiger partial charge is 0.138 e. The van der Waals surface area contributed by atoms with E-state index < -0.39 is 5.41 Å². The molecule has 2 aliphatic rings. The maximum absolute atomic E-state index is 10.4. The number of nitrogens with zero attached hydrogens (tertiary/aromatic N) is 4. The van der Waals surface area contributed by atoms with Gasteiger partial charge in [-0.1, -0.05) is 146 Å². The minimum Gasteiger partial charge on any atom is -0.311 e. The molecule has 0 fully saturated rings. The molecule has 0 saturated carbocycles. The van der Waals surface area contributed by atoms with Gasteiger partial charge in [0.15, 0.2) is 0 Å². The number of allylic oxidation sites excluding steroid dienone is 1. The van der Waals surface area contributed by atoms with E-state index in [1.807, 2.05) is 24.3 Å². The zero-order valence-electron chi connectivity index (χ0n) is 31.6. The monoisotopic (exact) mass is 740 g/mol. The van der Waals surface area contributed by atoms with Gasteiger partial charge in [-0.15, -0.1) is 0 Å². The summed E-state index contributed by atoms with van der Waals surface area (Å²) in [5, 5.41) is 20.7. The molecule has 4 nitrogen and oxygen atoms in total. The van der Waals surface area contributed by atoms with Crippen LogP contribution in [-0.4, -0.2) is 0 Å². The highest BCUT2D eigenvalue weighted by Crippen LogP contribution is 2.56. The molecule has 1 heterocycles. The van der Waals surface area contributed by atoms with Crippen LogP contribution in [0.3, 0.4) is 0 Å². The highest BCUT2D eigenvalue weighted by molar-refractivity contribution is 5.95. The van der Waals surface area contributed by atoms with Gasteiger partial charge in [0.1, 0.15) is 17.7 Å². The van der Waals surface area contributed by atoms with E-state index in [2.05, 4.69) is 204 Å². The molecule has 0 unspecified atom stereocenters. The number of fused-ring (bicyclic) bond motifs is 4. The molecular weight excluding hydrogens is 705 g/mol. The lowest BCUT2D eigenvalue weighted by Gasteiger charge is -2.44. The summed E-state index contributed by atoms with van der Waals surface area (Å²) in [6.45, 7) is 0. The van der Waals surface area contributed by atoms with Crippen molar-refractivity contribution in [2.45, 2.75) is 11.8 Å². The summed E-state index contributed by atoms with van der Waals surface area (Å²) in [7, 11) is 0. The Labute approximate surface area is 339 Å². The van der Waals surface area contributed by atoms with Gasteiger partial charge in [0.25, 0.3) is 0 Å². The van der Waals surface area contributed by atoms with Crippen molar-refractivity contribution >= 4 is 39.7 Å². The molecular formula is C54H36N4. The van der Waals surface area contributed by atoms with Gasteiger partial charge < -0.3 is 9.80 Å². The first kappa shape index (κ1) is 34.6. The first-order chi connectivity index (χ1) is 28.7. The summed E-state index contributed by atoms with van der Waals surface area (Å²) in [4.78, 5) is 4.67. The van der Waals surface area contributed by atoms with Crippen LogP contribution in [0.1, 0.15) is 44.5 Å². The summed E-state index contributed by atoms with van der Waals surface area (Å²) in [6.07, 6.45) is 0.873. The van der Waals surface area contributed by atoms with Crippen molar-refractivity contribution in [1.82, 2.24) is 0 Å². The maximum Gasteiger partial charge on any atom is 0.138 e. The van der Waals surface area contributed by atoms with Gasteiger partial charge in [0, 0.05) is 46.1 Å². The highest BCUT2D eigenvalue weighted by atomic mass is 15.2. The molecule has 8 aromatic rings. The molecule has 1 aliphatic heterocycles. The van der Waals surface area contributed by atoms with E-state index in [-0.39, 0.29) is 5.57 Å². The number of benzene rings is 8. The Morgan fingerprint density at radius 1 is 0.466 bits per heavy atom. The molecule has 4 heteroatoms. The Balaban J connectivity index is 1.25. The number of hydrogen-bond donors (Lipinski definition) is 0. The molecule has 0 atom stereocenters. The van der Waals surface area contributed by atoms with E-state index in [4.69, 9.17) is 0 Å². The van der Waals surface area contributed by atoms with Gasteiger partial charge >= 0.3 is 0 Å². The van der Waals surface area contributed by atoms with Crippen LogP contribution < -0.4 is 9.80 Å². The topological polar surface area (TPSA) is 54.1 Å². The normalized spacial score (nSPS) is 14.8. The second-order valence-corrected chi connectivity index (χ2v) is 14.7. The van der Waals surface area contributed by atoms with Crippen molar-refractivity contribution in [3.05, 3.63) is 256 Å². The van der Waals surface area contributed by atoms with Gasteiger partial charge in [-0.05, 0) is 105 Å². The van der Waals surface area contributed by atoms with E-state index >= 15 is 0 Å². The van der Waals surface area contributed by atoms with Crippen molar-refractivity contribution < 1.29 is 0 Å². The second kappa shape index (κ2) is 14.3. The molecule has 0 bridgehead atoms. The average Bonchev–Trinajstić information content (AvgIpc) is 3.29. The third kappa shape index (κ3) is 5.43. The lowest BCUT2D eigenvalue weighted by molar-refractivity contribution is 0.731. The fourth-order valence-corrected chi connectivity index (χ4v) is 9.25. The SMILES string of the molecule is N#CC(C#N)=C1c2ccccc2C(c2ccc(N(c3ccccc3)c3ccccc3)cc2)(c2cccc(N3c4ccccc4Cc4ccccc43)c2)c2ccccc21. The molecule has 0 radical (unpaired) electrons. The Morgan fingerprint density at radius 2 is 0.948 bits per heavy atom. The molecule has 0 saturated heterocycles. The number of nitriles is 2. The van der Waals surface area contributed by atoms with E-state index in [0.717, 1.165) is 62.6 Å². The zero-order valence-corrected chi connectivity index (χ0v) is 31.6. The van der Waals surface area contributed by atoms with Crippen molar-refractivity contribution in [3.63, 3.8) is 0 Å². The van der Waals surface area contributed by atoms with Crippen molar-refractivity contribution in [2.75, 3.05) is 9.80 Å². The lowest BCUT2D eigenvalue weighted by Crippen LogP contribution is -2.36. The number of para-hydroxylation sites is 4. The Hall–Kier alpha value is -7.92. The summed E-state index contributed by atoms with van der Waals surface area (Å²) in [6, 6.07) is 77.2. The fourth-order valence-electron chi connectivity index (χ4n) is 9.25. The molecule has 0 aromatic heterocycles. The van der Waals surface area contributed by atoms with E-state index in [1.165, 1.54) is 22.5 Å². The Kier molecular flexibility index (Phi) is 8.52. The number of rotatable bonds is 6. The van der Waals surface area contributed by atoms with Crippen LogP contribution in [-0.2, 0) is 11.8 Å². The zero-order chi connectivity index (χ0) is 39.1. The Bertz CT molecular complexity index is 2800. The van der Waals surface area contributed by atoms with Crippen LogP contribution in [0.15, 0.2) is 212 Å². The van der Waals surface area contributed by atoms with Crippen LogP contribution in [0, 0.1) is 22.7 Å². The summed E-state index contributed by atoms with van der Waals surface area (Å²) in [5.41, 5.74) is 15.0. The molecule has 0 amide bonds. The molecule has 8 aromatic carbocycles. The molecule has 0 N–H and O–H groups in total. The summed E-state index contributed by atoms with van der Waals surface area (Å²) >= 11 is 0. The first-order valence-electron chi connectivity index (χ1n) is 19.5. The van der Waals surface area contributed by atoms with E-state index in [9.17, 15) is 10.5 Å². The Morgan fingerprint density at radius 3 is 1.50 bits per heavy atom. The van der Waals surface area contributed by atoms with Gasteiger partial charge in [0.05, 0.1) is 5.41 Å². The number of hydrogen-bond acceptors (Lipinski definition) is 4. The highest BCUT2D eigenvalue weighted by Gasteiger charge is 2.46. The van der Waals surface area contributed by atoms with Gasteiger partial charge in [-0.25, -0.2) is 0 Å². The predicted octanol–water partition coefficient (Wildman–Crippen LogP) is 13.1. The van der Waals surface area contributed by atoms with Crippen LogP contribution in [0.5, 0.6) is 0 Å². The van der Waals surface area contributed by atoms with Crippen LogP contribution in [0.25, 0.3) is 5.57 Å². The third-order valence-corrected chi connectivity index (χ3v) is 11.6.